The predicted octanol–water partition coefficient (Wildman–Crippen LogP) is 3.30. The molecule has 0 spiro atoms. The fraction of sp³-hybridized carbons (Fsp3) is 0.529. The van der Waals surface area contributed by atoms with Gasteiger partial charge in [-0.1, -0.05) is 13.8 Å². The van der Waals surface area contributed by atoms with E-state index in [2.05, 4.69) is 12.2 Å². The predicted molar refractivity (Wildman–Crippen MR) is 84.3 cm³/mol. The highest BCUT2D eigenvalue weighted by Crippen LogP contribution is 2.20. The molecule has 4 heteroatoms. The molecule has 114 valence electrons. The molecular formula is C17H24N2O2. The molecule has 1 saturated heterocycles. The van der Waals surface area contributed by atoms with Crippen LogP contribution in [0.15, 0.2) is 24.3 Å². The minimum absolute atomic E-state index is 0.0151. The van der Waals surface area contributed by atoms with Gasteiger partial charge < -0.3 is 10.2 Å². The fourth-order valence-electron chi connectivity index (χ4n) is 2.55. The number of carbonyl (C=O) groups is 2. The molecule has 1 aromatic rings. The summed E-state index contributed by atoms with van der Waals surface area (Å²) in [6.07, 6.45) is 3.36. The average molecular weight is 288 g/mol. The van der Waals surface area contributed by atoms with Crippen LogP contribution >= 0.6 is 0 Å². The van der Waals surface area contributed by atoms with Gasteiger partial charge in [-0.25, -0.2) is 0 Å². The van der Waals surface area contributed by atoms with Crippen molar-refractivity contribution in [3.05, 3.63) is 29.8 Å². The first-order chi connectivity index (χ1) is 9.99. The number of nitrogens with zero attached hydrogens (tertiary/aromatic N) is 1. The normalized spacial score (nSPS) is 18.7. The third-order valence-electron chi connectivity index (χ3n) is 3.99. The first-order valence-corrected chi connectivity index (χ1v) is 7.71. The Labute approximate surface area is 126 Å². The maximum atomic E-state index is 12.5. The summed E-state index contributed by atoms with van der Waals surface area (Å²) >= 11 is 0. The lowest BCUT2D eigenvalue weighted by molar-refractivity contribution is -0.118. The minimum Gasteiger partial charge on any atom is -0.336 e. The molecular weight excluding hydrogens is 264 g/mol. The summed E-state index contributed by atoms with van der Waals surface area (Å²) in [4.78, 5) is 26.1. The Morgan fingerprint density at radius 3 is 2.43 bits per heavy atom. The third-order valence-corrected chi connectivity index (χ3v) is 3.99. The second kappa shape index (κ2) is 6.74. The molecule has 0 saturated carbocycles. The van der Waals surface area contributed by atoms with Crippen LogP contribution in [-0.2, 0) is 4.79 Å². The lowest BCUT2D eigenvalue weighted by Crippen LogP contribution is -2.42. The fourth-order valence-corrected chi connectivity index (χ4v) is 2.55. The van der Waals surface area contributed by atoms with Crippen molar-refractivity contribution in [1.82, 2.24) is 4.90 Å². The number of likely N-dealkylation sites (tertiary alicyclic amines) is 1. The monoisotopic (exact) mass is 288 g/mol. The maximum absolute atomic E-state index is 12.5. The molecule has 2 amide bonds. The molecule has 1 fully saturated rings. The van der Waals surface area contributed by atoms with Crippen LogP contribution < -0.4 is 5.32 Å². The number of nitrogens with one attached hydrogen (secondary N) is 1. The summed E-state index contributed by atoms with van der Waals surface area (Å²) in [6, 6.07) is 7.48. The highest BCUT2D eigenvalue weighted by molar-refractivity contribution is 5.96. The second-order valence-corrected chi connectivity index (χ2v) is 6.06. The van der Waals surface area contributed by atoms with Gasteiger partial charge in [0.1, 0.15) is 0 Å². The van der Waals surface area contributed by atoms with Gasteiger partial charge in [0.15, 0.2) is 0 Å². The van der Waals surface area contributed by atoms with Crippen molar-refractivity contribution in [2.24, 2.45) is 5.92 Å². The van der Waals surface area contributed by atoms with E-state index in [-0.39, 0.29) is 17.7 Å². The van der Waals surface area contributed by atoms with Crippen LogP contribution in [0.1, 0.15) is 50.4 Å². The van der Waals surface area contributed by atoms with Crippen LogP contribution in [0.25, 0.3) is 0 Å². The highest BCUT2D eigenvalue weighted by Gasteiger charge is 2.24. The molecule has 0 radical (unpaired) electrons. The molecule has 1 atom stereocenters. The quantitative estimate of drug-likeness (QED) is 0.927. The SMILES string of the molecule is CC(C)C(=O)Nc1ccc(C(=O)N2CCCCC2C)cc1. The molecule has 0 aliphatic carbocycles. The zero-order chi connectivity index (χ0) is 15.4. The van der Waals surface area contributed by atoms with Gasteiger partial charge in [-0.2, -0.15) is 0 Å². The van der Waals surface area contributed by atoms with E-state index >= 15 is 0 Å². The van der Waals surface area contributed by atoms with Crippen molar-refractivity contribution in [2.45, 2.75) is 46.1 Å². The molecule has 1 aliphatic heterocycles. The number of rotatable bonds is 3. The molecule has 1 unspecified atom stereocenters. The van der Waals surface area contributed by atoms with Crippen LogP contribution in [0.5, 0.6) is 0 Å². The van der Waals surface area contributed by atoms with Crippen molar-refractivity contribution in [3.8, 4) is 0 Å². The van der Waals surface area contributed by atoms with Crippen LogP contribution in [0.3, 0.4) is 0 Å². The molecule has 4 nitrogen and oxygen atoms in total. The zero-order valence-corrected chi connectivity index (χ0v) is 13.1. The van der Waals surface area contributed by atoms with Gasteiger partial charge in [0.05, 0.1) is 0 Å². The summed E-state index contributed by atoms with van der Waals surface area (Å²) in [5.74, 6) is 0.0168. The van der Waals surface area contributed by atoms with Gasteiger partial charge in [0.25, 0.3) is 5.91 Å². The summed E-state index contributed by atoms with van der Waals surface area (Å²) < 4.78 is 0. The summed E-state index contributed by atoms with van der Waals surface area (Å²) in [5.41, 5.74) is 1.42. The van der Waals surface area contributed by atoms with E-state index in [9.17, 15) is 9.59 Å². The first-order valence-electron chi connectivity index (χ1n) is 7.71. The Hall–Kier alpha value is -1.84. The Kier molecular flexibility index (Phi) is 4.99. The third kappa shape index (κ3) is 3.84. The minimum atomic E-state index is -0.0551. The molecule has 1 N–H and O–H groups in total. The van der Waals surface area contributed by atoms with Crippen LogP contribution in [-0.4, -0.2) is 29.3 Å². The smallest absolute Gasteiger partial charge is 0.254 e. The number of amides is 2. The van der Waals surface area contributed by atoms with E-state index in [0.29, 0.717) is 11.6 Å². The number of carbonyl (C=O) groups excluding carboxylic acids is 2. The summed E-state index contributed by atoms with van der Waals surface area (Å²) in [5, 5.41) is 2.83. The topological polar surface area (TPSA) is 49.4 Å². The maximum Gasteiger partial charge on any atom is 0.254 e. The molecule has 1 aliphatic rings. The van der Waals surface area contributed by atoms with Gasteiger partial charge in [0.2, 0.25) is 5.91 Å². The van der Waals surface area contributed by atoms with Gasteiger partial charge in [-0.15, -0.1) is 0 Å². The molecule has 21 heavy (non-hydrogen) atoms. The van der Waals surface area contributed by atoms with E-state index < -0.39 is 0 Å². The van der Waals surface area contributed by atoms with Gasteiger partial charge in [0, 0.05) is 29.8 Å². The molecule has 1 heterocycles. The second-order valence-electron chi connectivity index (χ2n) is 6.06. The average Bonchev–Trinajstić information content (AvgIpc) is 2.47. The van der Waals surface area contributed by atoms with Crippen LogP contribution in [0.4, 0.5) is 5.69 Å². The number of piperidine rings is 1. The van der Waals surface area contributed by atoms with Crippen LogP contribution in [0.2, 0.25) is 0 Å². The Morgan fingerprint density at radius 1 is 1.19 bits per heavy atom. The molecule has 1 aromatic carbocycles. The lowest BCUT2D eigenvalue weighted by atomic mass is 10.0. The Balaban J connectivity index is 2.04. The molecule has 0 aromatic heterocycles. The number of hydrogen-bond donors (Lipinski definition) is 1. The van der Waals surface area contributed by atoms with E-state index in [1.54, 1.807) is 24.3 Å². The van der Waals surface area contributed by atoms with Gasteiger partial charge in [-0.3, -0.25) is 9.59 Å². The van der Waals surface area contributed by atoms with Crippen molar-refractivity contribution in [1.29, 1.82) is 0 Å². The summed E-state index contributed by atoms with van der Waals surface area (Å²) in [6.45, 7) is 6.65. The number of anilines is 1. The standard InChI is InChI=1S/C17H24N2O2/c1-12(2)16(20)18-15-9-7-14(8-10-15)17(21)19-11-5-4-6-13(19)3/h7-10,12-13H,4-6,11H2,1-3H3,(H,18,20). The first kappa shape index (κ1) is 15.5. The molecule has 0 bridgehead atoms. The Bertz CT molecular complexity index is 508. The van der Waals surface area contributed by atoms with E-state index in [0.717, 1.165) is 25.1 Å². The Morgan fingerprint density at radius 2 is 1.86 bits per heavy atom. The molecule has 2 rings (SSSR count). The summed E-state index contributed by atoms with van der Waals surface area (Å²) in [7, 11) is 0. The number of hydrogen-bond acceptors (Lipinski definition) is 2. The van der Waals surface area contributed by atoms with Crippen molar-refractivity contribution >= 4 is 17.5 Å². The van der Waals surface area contributed by atoms with Crippen molar-refractivity contribution < 1.29 is 9.59 Å². The largest absolute Gasteiger partial charge is 0.336 e. The highest BCUT2D eigenvalue weighted by atomic mass is 16.2. The lowest BCUT2D eigenvalue weighted by Gasteiger charge is -2.33. The van der Waals surface area contributed by atoms with E-state index in [4.69, 9.17) is 0 Å². The van der Waals surface area contributed by atoms with Crippen molar-refractivity contribution in [3.63, 3.8) is 0 Å². The van der Waals surface area contributed by atoms with Gasteiger partial charge in [-0.05, 0) is 50.5 Å². The van der Waals surface area contributed by atoms with E-state index in [1.165, 1.54) is 6.42 Å². The van der Waals surface area contributed by atoms with Crippen molar-refractivity contribution in [2.75, 3.05) is 11.9 Å². The number of benzene rings is 1. The van der Waals surface area contributed by atoms with Crippen LogP contribution in [0, 0.1) is 5.92 Å². The van der Waals surface area contributed by atoms with E-state index in [1.807, 2.05) is 18.7 Å². The zero-order valence-electron chi connectivity index (χ0n) is 13.1. The van der Waals surface area contributed by atoms with Gasteiger partial charge >= 0.3 is 0 Å².